The Morgan fingerprint density at radius 3 is 2.67 bits per heavy atom. The van der Waals surface area contributed by atoms with Crippen molar-refractivity contribution in [1.82, 2.24) is 19.7 Å². The third-order valence-corrected chi connectivity index (χ3v) is 3.94. The van der Waals surface area contributed by atoms with Crippen molar-refractivity contribution >= 4 is 18.6 Å². The van der Waals surface area contributed by atoms with Crippen LogP contribution in [0, 0.1) is 12.7 Å². The van der Waals surface area contributed by atoms with Crippen LogP contribution in [0.3, 0.4) is 0 Å². The Labute approximate surface area is 150 Å². The predicted octanol–water partition coefficient (Wildman–Crippen LogP) is 3.89. The molecule has 2 aromatic rings. The van der Waals surface area contributed by atoms with E-state index in [1.165, 1.54) is 19.3 Å². The second kappa shape index (κ2) is 7.05. The van der Waals surface area contributed by atoms with Gasteiger partial charge >= 0.3 is 0 Å². The minimum Gasteiger partial charge on any atom is -0.472 e. The number of aryl methyl sites for hydroxylation is 1. The average molecular weight is 387 g/mol. The molecule has 0 amide bonds. The van der Waals surface area contributed by atoms with Crippen LogP contribution in [0.1, 0.15) is 36.5 Å². The van der Waals surface area contributed by atoms with E-state index in [1.807, 2.05) is 0 Å². The van der Waals surface area contributed by atoms with Crippen molar-refractivity contribution in [3.05, 3.63) is 35.3 Å². The highest BCUT2D eigenvalue weighted by atomic mass is 19.3. The summed E-state index contributed by atoms with van der Waals surface area (Å²) >= 11 is 0. The van der Waals surface area contributed by atoms with Gasteiger partial charge in [0.05, 0.1) is 5.70 Å². The Hall–Kier alpha value is -2.85. The fourth-order valence-corrected chi connectivity index (χ4v) is 2.52. The molecule has 1 aliphatic carbocycles. The number of nitrogens with zero attached hydrogens (tertiary/aromatic N) is 5. The highest BCUT2D eigenvalue weighted by Crippen LogP contribution is 2.39. The molecule has 0 unspecified atom stereocenters. The topological polar surface area (TPSA) is 65.2 Å². The van der Waals surface area contributed by atoms with E-state index in [2.05, 4.69) is 26.9 Å². The second-order valence-corrected chi connectivity index (χ2v) is 5.96. The summed E-state index contributed by atoms with van der Waals surface area (Å²) in [6.07, 6.45) is -2.34. The van der Waals surface area contributed by atoms with Gasteiger partial charge in [0, 0.05) is 30.8 Å². The zero-order valence-electron chi connectivity index (χ0n) is 14.0. The molecular weight excluding hydrogens is 373 g/mol. The number of halogens is 5. The Morgan fingerprint density at radius 2 is 2.11 bits per heavy atom. The molecule has 0 aliphatic heterocycles. The van der Waals surface area contributed by atoms with Crippen LogP contribution < -0.4 is 4.74 Å². The highest BCUT2D eigenvalue weighted by Gasteiger charge is 2.47. The molecule has 6 nitrogen and oxygen atoms in total. The third kappa shape index (κ3) is 3.96. The molecule has 0 spiro atoms. The molecule has 0 aromatic carbocycles. The Morgan fingerprint density at radius 1 is 1.41 bits per heavy atom. The number of ether oxygens (including phenoxy) is 1. The number of hydrogen-bond acceptors (Lipinski definition) is 5. The summed E-state index contributed by atoms with van der Waals surface area (Å²) in [6, 6.07) is 1.00. The van der Waals surface area contributed by atoms with E-state index >= 15 is 0 Å². The van der Waals surface area contributed by atoms with Crippen LogP contribution in [0.4, 0.5) is 22.0 Å². The lowest BCUT2D eigenvalue weighted by Gasteiger charge is -2.34. The minimum atomic E-state index is -2.88. The van der Waals surface area contributed by atoms with Crippen LogP contribution in [-0.2, 0) is 0 Å². The van der Waals surface area contributed by atoms with E-state index in [1.54, 1.807) is 0 Å². The van der Waals surface area contributed by atoms with Gasteiger partial charge in [0.25, 0.3) is 18.2 Å². The Kier molecular flexibility index (Phi) is 4.94. The molecular formula is C16H14F5N5O. The van der Waals surface area contributed by atoms with Crippen molar-refractivity contribution in [2.45, 2.75) is 38.2 Å². The third-order valence-electron chi connectivity index (χ3n) is 3.94. The van der Waals surface area contributed by atoms with Gasteiger partial charge in [-0.15, -0.1) is 10.2 Å². The van der Waals surface area contributed by atoms with Crippen molar-refractivity contribution in [2.75, 3.05) is 0 Å². The summed E-state index contributed by atoms with van der Waals surface area (Å²) in [5.41, 5.74) is 0.162. The van der Waals surface area contributed by atoms with Gasteiger partial charge < -0.3 is 4.74 Å². The number of aromatic nitrogens is 4. The van der Waals surface area contributed by atoms with Crippen LogP contribution in [-0.4, -0.2) is 38.5 Å². The van der Waals surface area contributed by atoms with E-state index in [9.17, 15) is 22.0 Å². The number of pyridine rings is 1. The van der Waals surface area contributed by atoms with Gasteiger partial charge in [-0.3, -0.25) is 9.56 Å². The molecule has 0 saturated heterocycles. The van der Waals surface area contributed by atoms with Gasteiger partial charge in [-0.05, 0) is 19.7 Å². The largest absolute Gasteiger partial charge is 0.472 e. The summed E-state index contributed by atoms with van der Waals surface area (Å²) in [5, 5.41) is 6.94. The zero-order valence-corrected chi connectivity index (χ0v) is 14.0. The number of aliphatic imine (C=N–C) groups is 1. The van der Waals surface area contributed by atoms with Gasteiger partial charge in [0.2, 0.25) is 5.82 Å². The Bertz CT molecular complexity index is 887. The molecule has 2 aromatic heterocycles. The van der Waals surface area contributed by atoms with Crippen molar-refractivity contribution < 1.29 is 26.7 Å². The molecule has 0 radical (unpaired) electrons. The van der Waals surface area contributed by atoms with Gasteiger partial charge in [-0.1, -0.05) is 0 Å². The van der Waals surface area contributed by atoms with Crippen molar-refractivity contribution in [3.63, 3.8) is 0 Å². The smallest absolute Gasteiger partial charge is 0.297 e. The molecule has 1 aliphatic rings. The maximum Gasteiger partial charge on any atom is 0.297 e. The second-order valence-electron chi connectivity index (χ2n) is 5.96. The summed E-state index contributed by atoms with van der Waals surface area (Å²) in [5.74, 6) is -4.55. The van der Waals surface area contributed by atoms with Crippen molar-refractivity contribution in [1.29, 1.82) is 0 Å². The van der Waals surface area contributed by atoms with Crippen LogP contribution >= 0.6 is 0 Å². The van der Waals surface area contributed by atoms with E-state index in [0.29, 0.717) is 0 Å². The predicted molar refractivity (Wildman–Crippen MR) is 86.2 cm³/mol. The van der Waals surface area contributed by atoms with Crippen LogP contribution in [0.15, 0.2) is 17.3 Å². The lowest BCUT2D eigenvalue weighted by Crippen LogP contribution is -2.43. The summed E-state index contributed by atoms with van der Waals surface area (Å²) < 4.78 is 71.9. The normalized spacial score (nSPS) is 17.1. The molecule has 11 heteroatoms. The summed E-state index contributed by atoms with van der Waals surface area (Å²) in [7, 11) is 0. The standard InChI is InChI=1S/C16H14F5N5O/c1-8-24-25-14(13(18)19)26(8)7-12(22-2)9-3-11(17)15(23-6-9)27-10-4-16(20,21)5-10/h3,6-7,10,13H,2,4-5H2,1H3/b12-7-. The van der Waals surface area contributed by atoms with E-state index in [0.717, 1.165) is 10.6 Å². The van der Waals surface area contributed by atoms with E-state index in [4.69, 9.17) is 4.74 Å². The average Bonchev–Trinajstić information content (AvgIpc) is 2.93. The van der Waals surface area contributed by atoms with Gasteiger partial charge in [-0.2, -0.15) is 0 Å². The van der Waals surface area contributed by atoms with Crippen LogP contribution in [0.2, 0.25) is 0 Å². The quantitative estimate of drug-likeness (QED) is 0.557. The molecule has 0 bridgehead atoms. The minimum absolute atomic E-state index is 0.0351. The maximum atomic E-state index is 14.2. The van der Waals surface area contributed by atoms with E-state index < -0.39 is 48.8 Å². The number of alkyl halides is 4. The first-order valence-electron chi connectivity index (χ1n) is 7.78. The van der Waals surface area contributed by atoms with Gasteiger partial charge in [0.1, 0.15) is 11.9 Å². The van der Waals surface area contributed by atoms with Crippen LogP contribution in [0.25, 0.3) is 11.9 Å². The Balaban J connectivity index is 1.85. The molecule has 27 heavy (non-hydrogen) atoms. The summed E-state index contributed by atoms with van der Waals surface area (Å²) in [4.78, 5) is 7.46. The lowest BCUT2D eigenvalue weighted by molar-refractivity contribution is -0.136. The molecule has 144 valence electrons. The fraction of sp³-hybridized carbons (Fsp3) is 0.375. The molecule has 3 rings (SSSR count). The maximum absolute atomic E-state index is 14.2. The van der Waals surface area contributed by atoms with Gasteiger partial charge in [-0.25, -0.2) is 26.9 Å². The SMILES string of the molecule is C=N/C(=C\n1c(C)nnc1C(F)F)c1cnc(OC2CC(F)(F)C2)c(F)c1. The first-order valence-corrected chi connectivity index (χ1v) is 7.78. The van der Waals surface area contributed by atoms with E-state index in [-0.39, 0.29) is 17.1 Å². The lowest BCUT2D eigenvalue weighted by atomic mass is 9.91. The monoisotopic (exact) mass is 387 g/mol. The highest BCUT2D eigenvalue weighted by molar-refractivity contribution is 5.77. The molecule has 1 fully saturated rings. The first-order chi connectivity index (χ1) is 12.7. The molecule has 1 saturated carbocycles. The fourth-order valence-electron chi connectivity index (χ4n) is 2.52. The molecule has 0 N–H and O–H groups in total. The zero-order chi connectivity index (χ0) is 19.8. The first kappa shape index (κ1) is 18.9. The number of rotatable bonds is 6. The van der Waals surface area contributed by atoms with Crippen LogP contribution in [0.5, 0.6) is 5.88 Å². The summed E-state index contributed by atoms with van der Waals surface area (Å²) in [6.45, 7) is 4.79. The molecule has 0 atom stereocenters. The van der Waals surface area contributed by atoms with Gasteiger partial charge in [0.15, 0.2) is 5.82 Å². The van der Waals surface area contributed by atoms with Crippen molar-refractivity contribution in [3.8, 4) is 5.88 Å². The van der Waals surface area contributed by atoms with Crippen molar-refractivity contribution in [2.24, 2.45) is 4.99 Å². The number of hydrogen-bond donors (Lipinski definition) is 0. The molecule has 2 heterocycles.